The molecule has 0 aliphatic heterocycles. The van der Waals surface area contributed by atoms with Crippen molar-refractivity contribution in [3.8, 4) is 0 Å². The summed E-state index contributed by atoms with van der Waals surface area (Å²) < 4.78 is 13.2. The molecule has 0 aliphatic rings. The standard InChI is InChI=1S/C17H19ClFN/c1-2-10-20-17(14-6-4-3-5-7-14)12-13-8-9-16(19)15(18)11-13/h3-9,11,17,20H,2,10,12H2,1H3. The minimum absolute atomic E-state index is 0.185. The quantitative estimate of drug-likeness (QED) is 0.809. The van der Waals surface area contributed by atoms with Crippen molar-refractivity contribution >= 4 is 11.6 Å². The summed E-state index contributed by atoms with van der Waals surface area (Å²) in [6.45, 7) is 3.10. The first-order chi connectivity index (χ1) is 9.70. The normalized spacial score (nSPS) is 12.3. The molecule has 20 heavy (non-hydrogen) atoms. The zero-order chi connectivity index (χ0) is 14.4. The summed E-state index contributed by atoms with van der Waals surface area (Å²) in [6.07, 6.45) is 1.87. The molecule has 3 heteroatoms. The molecule has 106 valence electrons. The number of rotatable bonds is 6. The second-order valence-corrected chi connectivity index (χ2v) is 5.28. The first kappa shape index (κ1) is 15.0. The van der Waals surface area contributed by atoms with Crippen molar-refractivity contribution in [3.05, 3.63) is 70.5 Å². The van der Waals surface area contributed by atoms with E-state index in [0.717, 1.165) is 24.9 Å². The Morgan fingerprint density at radius 2 is 1.90 bits per heavy atom. The summed E-state index contributed by atoms with van der Waals surface area (Å²) in [7, 11) is 0. The highest BCUT2D eigenvalue weighted by Crippen LogP contribution is 2.22. The molecule has 0 saturated heterocycles. The molecule has 2 aromatic carbocycles. The van der Waals surface area contributed by atoms with Crippen LogP contribution in [0.2, 0.25) is 5.02 Å². The van der Waals surface area contributed by atoms with Gasteiger partial charge in [-0.15, -0.1) is 0 Å². The fraction of sp³-hybridized carbons (Fsp3) is 0.294. The molecular weight excluding hydrogens is 273 g/mol. The third kappa shape index (κ3) is 4.06. The summed E-state index contributed by atoms with van der Waals surface area (Å²) >= 11 is 5.85. The maximum Gasteiger partial charge on any atom is 0.141 e. The van der Waals surface area contributed by atoms with Crippen molar-refractivity contribution in [2.45, 2.75) is 25.8 Å². The zero-order valence-corrected chi connectivity index (χ0v) is 12.3. The molecule has 1 nitrogen and oxygen atoms in total. The molecule has 0 spiro atoms. The fourth-order valence-electron chi connectivity index (χ4n) is 2.21. The van der Waals surface area contributed by atoms with Gasteiger partial charge >= 0.3 is 0 Å². The molecule has 1 N–H and O–H groups in total. The van der Waals surface area contributed by atoms with Gasteiger partial charge in [-0.2, -0.15) is 0 Å². The van der Waals surface area contributed by atoms with Gasteiger partial charge in [-0.3, -0.25) is 0 Å². The van der Waals surface area contributed by atoms with E-state index in [2.05, 4.69) is 24.4 Å². The van der Waals surface area contributed by atoms with Crippen molar-refractivity contribution < 1.29 is 4.39 Å². The van der Waals surface area contributed by atoms with E-state index in [0.29, 0.717) is 0 Å². The van der Waals surface area contributed by atoms with Crippen LogP contribution in [0.25, 0.3) is 0 Å². The van der Waals surface area contributed by atoms with Gasteiger partial charge in [0.25, 0.3) is 0 Å². The lowest BCUT2D eigenvalue weighted by molar-refractivity contribution is 0.528. The Balaban J connectivity index is 2.17. The Labute approximate surface area is 124 Å². The number of benzene rings is 2. The number of hydrogen-bond acceptors (Lipinski definition) is 1. The van der Waals surface area contributed by atoms with Crippen LogP contribution in [-0.4, -0.2) is 6.54 Å². The molecule has 0 radical (unpaired) electrons. The highest BCUT2D eigenvalue weighted by Gasteiger charge is 2.12. The molecule has 0 aromatic heterocycles. The van der Waals surface area contributed by atoms with Crippen LogP contribution >= 0.6 is 11.6 Å². The predicted octanol–water partition coefficient (Wildman–Crippen LogP) is 4.76. The van der Waals surface area contributed by atoms with E-state index in [1.807, 2.05) is 18.2 Å². The van der Waals surface area contributed by atoms with Gasteiger partial charge in [0.15, 0.2) is 0 Å². The van der Waals surface area contributed by atoms with Gasteiger partial charge in [0, 0.05) is 6.04 Å². The van der Waals surface area contributed by atoms with E-state index in [9.17, 15) is 4.39 Å². The van der Waals surface area contributed by atoms with Gasteiger partial charge in [-0.25, -0.2) is 4.39 Å². The highest BCUT2D eigenvalue weighted by molar-refractivity contribution is 6.30. The van der Waals surface area contributed by atoms with Crippen LogP contribution in [0.1, 0.15) is 30.5 Å². The van der Waals surface area contributed by atoms with Gasteiger partial charge in [0.2, 0.25) is 0 Å². The van der Waals surface area contributed by atoms with E-state index in [1.165, 1.54) is 11.6 Å². The van der Waals surface area contributed by atoms with Crippen LogP contribution in [0.3, 0.4) is 0 Å². The van der Waals surface area contributed by atoms with E-state index < -0.39 is 0 Å². The smallest absolute Gasteiger partial charge is 0.141 e. The summed E-state index contributed by atoms with van der Waals surface area (Å²) in [5.74, 6) is -0.367. The van der Waals surface area contributed by atoms with Gasteiger partial charge in [0.1, 0.15) is 5.82 Å². The van der Waals surface area contributed by atoms with Gasteiger partial charge in [-0.05, 0) is 42.6 Å². The van der Waals surface area contributed by atoms with E-state index in [1.54, 1.807) is 12.1 Å². The van der Waals surface area contributed by atoms with Crippen molar-refractivity contribution in [2.24, 2.45) is 0 Å². The number of halogens is 2. The molecular formula is C17H19ClFN. The Hall–Kier alpha value is -1.38. The maximum absolute atomic E-state index is 13.2. The lowest BCUT2D eigenvalue weighted by Gasteiger charge is -2.19. The number of nitrogens with one attached hydrogen (secondary N) is 1. The SMILES string of the molecule is CCCNC(Cc1ccc(F)c(Cl)c1)c1ccccc1. The molecule has 1 atom stereocenters. The first-order valence-corrected chi connectivity index (χ1v) is 7.30. The van der Waals surface area contributed by atoms with Gasteiger partial charge in [-0.1, -0.05) is 54.9 Å². The Morgan fingerprint density at radius 3 is 2.55 bits per heavy atom. The van der Waals surface area contributed by atoms with Crippen molar-refractivity contribution in [2.75, 3.05) is 6.54 Å². The van der Waals surface area contributed by atoms with Crippen LogP contribution in [-0.2, 0) is 6.42 Å². The maximum atomic E-state index is 13.2. The zero-order valence-electron chi connectivity index (χ0n) is 11.6. The van der Waals surface area contributed by atoms with Gasteiger partial charge in [0.05, 0.1) is 5.02 Å². The second kappa shape index (κ2) is 7.41. The van der Waals surface area contributed by atoms with Crippen LogP contribution in [0.4, 0.5) is 4.39 Å². The minimum atomic E-state index is -0.367. The van der Waals surface area contributed by atoms with E-state index in [-0.39, 0.29) is 16.9 Å². The van der Waals surface area contributed by atoms with Crippen LogP contribution in [0.5, 0.6) is 0 Å². The molecule has 0 fully saturated rings. The third-order valence-electron chi connectivity index (χ3n) is 3.27. The van der Waals surface area contributed by atoms with Crippen molar-refractivity contribution in [1.29, 1.82) is 0 Å². The molecule has 0 amide bonds. The van der Waals surface area contributed by atoms with Crippen molar-refractivity contribution in [1.82, 2.24) is 5.32 Å². The lowest BCUT2D eigenvalue weighted by Crippen LogP contribution is -2.24. The van der Waals surface area contributed by atoms with Crippen molar-refractivity contribution in [3.63, 3.8) is 0 Å². The summed E-state index contributed by atoms with van der Waals surface area (Å²) in [4.78, 5) is 0. The third-order valence-corrected chi connectivity index (χ3v) is 3.56. The molecule has 0 saturated carbocycles. The summed E-state index contributed by atoms with van der Waals surface area (Å²) in [5.41, 5.74) is 2.27. The topological polar surface area (TPSA) is 12.0 Å². The largest absolute Gasteiger partial charge is 0.310 e. The molecule has 0 bridgehead atoms. The number of hydrogen-bond donors (Lipinski definition) is 1. The average Bonchev–Trinajstić information content (AvgIpc) is 2.48. The lowest BCUT2D eigenvalue weighted by atomic mass is 9.98. The predicted molar refractivity (Wildman–Crippen MR) is 82.6 cm³/mol. The van der Waals surface area contributed by atoms with Crippen LogP contribution < -0.4 is 5.32 Å². The minimum Gasteiger partial charge on any atom is -0.310 e. The van der Waals surface area contributed by atoms with Gasteiger partial charge < -0.3 is 5.32 Å². The second-order valence-electron chi connectivity index (χ2n) is 4.87. The average molecular weight is 292 g/mol. The molecule has 1 unspecified atom stereocenters. The van der Waals surface area contributed by atoms with E-state index >= 15 is 0 Å². The van der Waals surface area contributed by atoms with Crippen LogP contribution in [0, 0.1) is 5.82 Å². The Kier molecular flexibility index (Phi) is 5.57. The molecule has 2 aromatic rings. The fourth-order valence-corrected chi connectivity index (χ4v) is 2.42. The summed E-state index contributed by atoms with van der Waals surface area (Å²) in [6, 6.07) is 15.5. The molecule has 0 aliphatic carbocycles. The van der Waals surface area contributed by atoms with E-state index in [4.69, 9.17) is 11.6 Å². The first-order valence-electron chi connectivity index (χ1n) is 6.93. The summed E-state index contributed by atoms with van der Waals surface area (Å²) in [5, 5.41) is 3.72. The van der Waals surface area contributed by atoms with Crippen LogP contribution in [0.15, 0.2) is 48.5 Å². The highest BCUT2D eigenvalue weighted by atomic mass is 35.5. The molecule has 2 rings (SSSR count). The Morgan fingerprint density at radius 1 is 1.15 bits per heavy atom. The molecule has 0 heterocycles. The Bertz CT molecular complexity index is 542. The monoisotopic (exact) mass is 291 g/mol.